The van der Waals surface area contributed by atoms with Crippen LogP contribution in [0.3, 0.4) is 0 Å². The molecule has 0 saturated carbocycles. The third kappa shape index (κ3) is 2.90. The highest BCUT2D eigenvalue weighted by atomic mass is 35.5. The minimum atomic E-state index is -0.699. The Bertz CT molecular complexity index is 719. The Morgan fingerprint density at radius 2 is 1.95 bits per heavy atom. The molecule has 6 heteroatoms. The van der Waals surface area contributed by atoms with Crippen molar-refractivity contribution in [2.75, 3.05) is 18.1 Å². The fourth-order valence-electron chi connectivity index (χ4n) is 2.44. The van der Waals surface area contributed by atoms with E-state index in [1.807, 2.05) is 0 Å². The summed E-state index contributed by atoms with van der Waals surface area (Å²) in [5, 5.41) is 0.568. The summed E-state index contributed by atoms with van der Waals surface area (Å²) in [5.74, 6) is -1.17. The smallest absolute Gasteiger partial charge is 0.264 e. The van der Waals surface area contributed by atoms with E-state index in [9.17, 15) is 13.6 Å². The van der Waals surface area contributed by atoms with Crippen LogP contribution in [0.15, 0.2) is 36.4 Å². The number of hydrogen-bond acceptors (Lipinski definition) is 2. The van der Waals surface area contributed by atoms with E-state index in [4.69, 9.17) is 16.3 Å². The van der Waals surface area contributed by atoms with Crippen LogP contribution >= 0.6 is 11.6 Å². The van der Waals surface area contributed by atoms with Crippen LogP contribution in [0.2, 0.25) is 5.02 Å². The molecule has 2 aromatic carbocycles. The van der Waals surface area contributed by atoms with E-state index in [1.165, 1.54) is 11.0 Å². The zero-order valence-electron chi connectivity index (χ0n) is 11.5. The topological polar surface area (TPSA) is 29.5 Å². The van der Waals surface area contributed by atoms with E-state index in [-0.39, 0.29) is 18.2 Å². The Kier molecular flexibility index (Phi) is 3.98. The van der Waals surface area contributed by atoms with Crippen molar-refractivity contribution in [3.05, 3.63) is 58.6 Å². The molecule has 0 bridgehead atoms. The predicted octanol–water partition coefficient (Wildman–Crippen LogP) is 3.59. The van der Waals surface area contributed by atoms with Gasteiger partial charge in [0.25, 0.3) is 5.91 Å². The van der Waals surface area contributed by atoms with Gasteiger partial charge in [0, 0.05) is 23.2 Å². The first-order chi connectivity index (χ1) is 10.5. The molecule has 3 rings (SSSR count). The van der Waals surface area contributed by atoms with Gasteiger partial charge in [-0.15, -0.1) is 0 Å². The average molecular weight is 324 g/mol. The monoisotopic (exact) mass is 323 g/mol. The molecule has 2 aromatic rings. The van der Waals surface area contributed by atoms with E-state index in [1.54, 1.807) is 24.3 Å². The normalized spacial score (nSPS) is 13.1. The highest BCUT2D eigenvalue weighted by molar-refractivity contribution is 6.30. The fraction of sp³-hybridized carbons (Fsp3) is 0.188. The molecule has 1 heterocycles. The molecule has 0 radical (unpaired) electrons. The van der Waals surface area contributed by atoms with Gasteiger partial charge in [0.05, 0.1) is 5.69 Å². The number of fused-ring (bicyclic) bond motifs is 1. The van der Waals surface area contributed by atoms with Crippen LogP contribution in [-0.2, 0) is 11.2 Å². The Morgan fingerprint density at radius 1 is 1.23 bits per heavy atom. The molecule has 3 nitrogen and oxygen atoms in total. The second-order valence-corrected chi connectivity index (χ2v) is 5.36. The highest BCUT2D eigenvalue weighted by Crippen LogP contribution is 2.31. The number of carbonyl (C=O) groups excluding carboxylic acids is 1. The Labute approximate surface area is 131 Å². The van der Waals surface area contributed by atoms with Crippen molar-refractivity contribution in [3.8, 4) is 5.75 Å². The summed E-state index contributed by atoms with van der Waals surface area (Å²) in [6.07, 6.45) is 0.369. The fourth-order valence-corrected chi connectivity index (χ4v) is 2.56. The minimum Gasteiger partial charge on any atom is -0.484 e. The average Bonchev–Trinajstić information content (AvgIpc) is 2.90. The number of benzene rings is 2. The SMILES string of the molecule is O=C(COc1ccc(Cl)cc1)N1CCc2c(F)cc(F)cc21. The van der Waals surface area contributed by atoms with E-state index in [0.29, 0.717) is 29.3 Å². The summed E-state index contributed by atoms with van der Waals surface area (Å²) >= 11 is 5.76. The number of rotatable bonds is 3. The van der Waals surface area contributed by atoms with Crippen molar-refractivity contribution in [2.45, 2.75) is 6.42 Å². The van der Waals surface area contributed by atoms with Gasteiger partial charge in [-0.05, 0) is 36.8 Å². The molecule has 1 aliphatic heterocycles. The van der Waals surface area contributed by atoms with Crippen LogP contribution in [-0.4, -0.2) is 19.1 Å². The molecular weight excluding hydrogens is 312 g/mol. The van der Waals surface area contributed by atoms with Gasteiger partial charge in [-0.2, -0.15) is 0 Å². The lowest BCUT2D eigenvalue weighted by molar-refractivity contribution is -0.120. The largest absolute Gasteiger partial charge is 0.484 e. The first-order valence-electron chi connectivity index (χ1n) is 6.71. The molecule has 0 N–H and O–H groups in total. The maximum absolute atomic E-state index is 13.7. The molecule has 0 aromatic heterocycles. The maximum atomic E-state index is 13.7. The molecule has 0 unspecified atom stereocenters. The number of halogens is 3. The number of ether oxygens (including phenoxy) is 1. The third-order valence-electron chi connectivity index (χ3n) is 3.49. The number of hydrogen-bond donors (Lipinski definition) is 0. The minimum absolute atomic E-state index is 0.209. The third-order valence-corrected chi connectivity index (χ3v) is 3.74. The van der Waals surface area contributed by atoms with Gasteiger partial charge in [0.1, 0.15) is 17.4 Å². The van der Waals surface area contributed by atoms with Gasteiger partial charge in [0.2, 0.25) is 0 Å². The van der Waals surface area contributed by atoms with Gasteiger partial charge >= 0.3 is 0 Å². The van der Waals surface area contributed by atoms with E-state index >= 15 is 0 Å². The van der Waals surface area contributed by atoms with Gasteiger partial charge in [0.15, 0.2) is 6.61 Å². The standard InChI is InChI=1S/C16H12ClF2NO2/c17-10-1-3-12(4-2-10)22-9-16(21)20-6-5-13-14(19)7-11(18)8-15(13)20/h1-4,7-8H,5-6,9H2. The second-order valence-electron chi connectivity index (χ2n) is 4.92. The molecule has 0 aliphatic carbocycles. The van der Waals surface area contributed by atoms with E-state index < -0.39 is 11.6 Å². The molecule has 0 spiro atoms. The molecule has 1 aliphatic rings. The lowest BCUT2D eigenvalue weighted by Crippen LogP contribution is -2.33. The van der Waals surface area contributed by atoms with Crippen LogP contribution < -0.4 is 9.64 Å². The van der Waals surface area contributed by atoms with Gasteiger partial charge < -0.3 is 9.64 Å². The van der Waals surface area contributed by atoms with Crippen LogP contribution in [0.4, 0.5) is 14.5 Å². The summed E-state index contributed by atoms with van der Waals surface area (Å²) < 4.78 is 32.4. The molecule has 0 fully saturated rings. The van der Waals surface area contributed by atoms with Crippen LogP contribution in [0.5, 0.6) is 5.75 Å². The number of anilines is 1. The summed E-state index contributed by atoms with van der Waals surface area (Å²) in [7, 11) is 0. The molecular formula is C16H12ClF2NO2. The first kappa shape index (κ1) is 14.8. The van der Waals surface area contributed by atoms with Crippen LogP contribution in [0.1, 0.15) is 5.56 Å². The van der Waals surface area contributed by atoms with Crippen LogP contribution in [0, 0.1) is 11.6 Å². The quantitative estimate of drug-likeness (QED) is 0.864. The number of carbonyl (C=O) groups is 1. The van der Waals surface area contributed by atoms with Gasteiger partial charge in [-0.3, -0.25) is 4.79 Å². The second kappa shape index (κ2) is 5.93. The van der Waals surface area contributed by atoms with Crippen molar-refractivity contribution in [1.29, 1.82) is 0 Å². The van der Waals surface area contributed by atoms with E-state index in [2.05, 4.69) is 0 Å². The van der Waals surface area contributed by atoms with Crippen molar-refractivity contribution >= 4 is 23.2 Å². The Hall–Kier alpha value is -2.14. The Morgan fingerprint density at radius 3 is 2.68 bits per heavy atom. The number of amides is 1. The summed E-state index contributed by atoms with van der Waals surface area (Å²) in [5.41, 5.74) is 0.642. The molecule has 1 amide bonds. The predicted molar refractivity (Wildman–Crippen MR) is 79.4 cm³/mol. The van der Waals surface area contributed by atoms with Crippen molar-refractivity contribution < 1.29 is 18.3 Å². The summed E-state index contributed by atoms with van der Waals surface area (Å²) in [4.78, 5) is 13.5. The summed E-state index contributed by atoms with van der Waals surface area (Å²) in [6, 6.07) is 8.59. The van der Waals surface area contributed by atoms with Crippen molar-refractivity contribution in [3.63, 3.8) is 0 Å². The molecule has 0 saturated heterocycles. The van der Waals surface area contributed by atoms with Gasteiger partial charge in [-0.1, -0.05) is 11.6 Å². The molecule has 114 valence electrons. The molecule has 22 heavy (non-hydrogen) atoms. The summed E-state index contributed by atoms with van der Waals surface area (Å²) in [6.45, 7) is 0.109. The van der Waals surface area contributed by atoms with Crippen LogP contribution in [0.25, 0.3) is 0 Å². The molecule has 0 atom stereocenters. The van der Waals surface area contributed by atoms with E-state index in [0.717, 1.165) is 6.07 Å². The zero-order chi connectivity index (χ0) is 15.7. The Balaban J connectivity index is 1.71. The van der Waals surface area contributed by atoms with Gasteiger partial charge in [-0.25, -0.2) is 8.78 Å². The van der Waals surface area contributed by atoms with Crippen molar-refractivity contribution in [2.24, 2.45) is 0 Å². The lowest BCUT2D eigenvalue weighted by atomic mass is 10.1. The number of nitrogens with zero attached hydrogens (tertiary/aromatic N) is 1. The lowest BCUT2D eigenvalue weighted by Gasteiger charge is -2.17. The zero-order valence-corrected chi connectivity index (χ0v) is 12.2. The van der Waals surface area contributed by atoms with Crippen molar-refractivity contribution in [1.82, 2.24) is 0 Å². The highest BCUT2D eigenvalue weighted by Gasteiger charge is 2.28. The first-order valence-corrected chi connectivity index (χ1v) is 7.09. The maximum Gasteiger partial charge on any atom is 0.264 e.